The normalized spacial score (nSPS) is 22.4. The maximum atomic E-state index is 5.64. The first kappa shape index (κ1) is 14.9. The fraction of sp³-hybridized carbons (Fsp3) is 0.526. The van der Waals surface area contributed by atoms with Crippen LogP contribution in [0.4, 0.5) is 0 Å². The van der Waals surface area contributed by atoms with Gasteiger partial charge in [-0.25, -0.2) is 0 Å². The maximum absolute atomic E-state index is 5.64. The molecule has 2 aliphatic rings. The molecule has 1 aliphatic carbocycles. The highest BCUT2D eigenvalue weighted by Gasteiger charge is 2.46. The first-order chi connectivity index (χ1) is 11.3. The van der Waals surface area contributed by atoms with Crippen LogP contribution in [-0.2, 0) is 24.1 Å². The van der Waals surface area contributed by atoms with Gasteiger partial charge in [-0.1, -0.05) is 36.3 Å². The zero-order valence-corrected chi connectivity index (χ0v) is 13.7. The molecule has 122 valence electrons. The number of benzene rings is 1. The lowest BCUT2D eigenvalue weighted by Gasteiger charge is -2.39. The Hall–Kier alpha value is -1.65. The predicted octanol–water partition coefficient (Wildman–Crippen LogP) is 3.42. The minimum atomic E-state index is 0.297. The molecule has 1 aliphatic heterocycles. The van der Waals surface area contributed by atoms with E-state index in [1.54, 1.807) is 6.26 Å². The third-order valence-corrected chi connectivity index (χ3v) is 5.57. The summed E-state index contributed by atoms with van der Waals surface area (Å²) in [6.07, 6.45) is 6.11. The lowest BCUT2D eigenvalue weighted by molar-refractivity contribution is -0.000244. The van der Waals surface area contributed by atoms with Crippen LogP contribution in [-0.4, -0.2) is 18.4 Å². The molecule has 23 heavy (non-hydrogen) atoms. The number of aromatic nitrogens is 1. The molecule has 1 atom stereocenters. The summed E-state index contributed by atoms with van der Waals surface area (Å²) in [4.78, 5) is 0. The average Bonchev–Trinajstić information content (AvgIpc) is 3.15. The van der Waals surface area contributed by atoms with E-state index in [1.807, 2.05) is 0 Å². The molecule has 0 bridgehead atoms. The van der Waals surface area contributed by atoms with Crippen molar-refractivity contribution in [3.63, 3.8) is 0 Å². The Kier molecular flexibility index (Phi) is 3.95. The van der Waals surface area contributed by atoms with Gasteiger partial charge in [0.1, 0.15) is 6.26 Å². The van der Waals surface area contributed by atoms with Gasteiger partial charge >= 0.3 is 0 Å². The van der Waals surface area contributed by atoms with Gasteiger partial charge < -0.3 is 14.6 Å². The Labute approximate surface area is 137 Å². The van der Waals surface area contributed by atoms with Gasteiger partial charge in [0.25, 0.3) is 0 Å². The van der Waals surface area contributed by atoms with Crippen molar-refractivity contribution < 1.29 is 9.26 Å². The van der Waals surface area contributed by atoms with Crippen molar-refractivity contribution in [3.05, 3.63) is 52.9 Å². The van der Waals surface area contributed by atoms with Crippen molar-refractivity contribution in [1.29, 1.82) is 0 Å². The number of nitrogens with one attached hydrogen (secondary N) is 1. The Morgan fingerprint density at radius 1 is 1.26 bits per heavy atom. The standard InChI is InChI=1S/C19H24N2O2/c1-2-17-15(13-23-21-17)12-20-18-16-6-4-3-5-14(16)11-19(18)7-9-22-10-8-19/h3-6,13,18,20H,2,7-12H2,1H3. The second-order valence-corrected chi connectivity index (χ2v) is 6.80. The first-order valence-electron chi connectivity index (χ1n) is 8.63. The van der Waals surface area contributed by atoms with Crippen molar-refractivity contribution in [3.8, 4) is 0 Å². The van der Waals surface area contributed by atoms with Gasteiger partial charge in [-0.2, -0.15) is 0 Å². The zero-order valence-electron chi connectivity index (χ0n) is 13.7. The lowest BCUT2D eigenvalue weighted by Crippen LogP contribution is -2.39. The molecule has 1 fully saturated rings. The van der Waals surface area contributed by atoms with Crippen LogP contribution in [0, 0.1) is 5.41 Å². The molecule has 0 radical (unpaired) electrons. The zero-order chi connectivity index (χ0) is 15.7. The Morgan fingerprint density at radius 2 is 2.09 bits per heavy atom. The fourth-order valence-corrected chi connectivity index (χ4v) is 4.29. The van der Waals surface area contributed by atoms with Gasteiger partial charge in [0, 0.05) is 31.4 Å². The second kappa shape index (κ2) is 6.10. The van der Waals surface area contributed by atoms with Gasteiger partial charge in [0.2, 0.25) is 0 Å². The molecule has 1 N–H and O–H groups in total. The van der Waals surface area contributed by atoms with Gasteiger partial charge in [-0.15, -0.1) is 0 Å². The van der Waals surface area contributed by atoms with E-state index in [9.17, 15) is 0 Å². The van der Waals surface area contributed by atoms with Crippen molar-refractivity contribution >= 4 is 0 Å². The summed E-state index contributed by atoms with van der Waals surface area (Å²) in [6.45, 7) is 4.68. The van der Waals surface area contributed by atoms with Crippen LogP contribution in [0.2, 0.25) is 0 Å². The van der Waals surface area contributed by atoms with E-state index in [0.717, 1.165) is 51.1 Å². The van der Waals surface area contributed by atoms with Gasteiger partial charge in [-0.05, 0) is 42.2 Å². The molecule has 4 rings (SSSR count). The maximum Gasteiger partial charge on any atom is 0.128 e. The number of rotatable bonds is 4. The highest BCUT2D eigenvalue weighted by molar-refractivity contribution is 5.38. The van der Waals surface area contributed by atoms with Crippen LogP contribution in [0.1, 0.15) is 48.2 Å². The van der Waals surface area contributed by atoms with E-state index < -0.39 is 0 Å². The van der Waals surface area contributed by atoms with Crippen molar-refractivity contribution in [2.45, 2.75) is 45.2 Å². The third-order valence-electron chi connectivity index (χ3n) is 5.57. The lowest BCUT2D eigenvalue weighted by atomic mass is 9.74. The SMILES string of the molecule is CCc1nocc1CNC1c2ccccc2CC12CCOCC2. The van der Waals surface area contributed by atoms with E-state index in [4.69, 9.17) is 9.26 Å². The molecule has 1 unspecified atom stereocenters. The smallest absolute Gasteiger partial charge is 0.128 e. The number of hydrogen-bond acceptors (Lipinski definition) is 4. The van der Waals surface area contributed by atoms with E-state index in [1.165, 1.54) is 16.7 Å². The van der Waals surface area contributed by atoms with Gasteiger partial charge in [-0.3, -0.25) is 0 Å². The largest absolute Gasteiger partial charge is 0.381 e. The Bertz CT molecular complexity index is 674. The summed E-state index contributed by atoms with van der Waals surface area (Å²) in [7, 11) is 0. The number of aryl methyl sites for hydroxylation is 1. The molecule has 2 heterocycles. The summed E-state index contributed by atoms with van der Waals surface area (Å²) >= 11 is 0. The molecule has 0 amide bonds. The third kappa shape index (κ3) is 2.60. The number of nitrogens with zero attached hydrogens (tertiary/aromatic N) is 1. The number of hydrogen-bond donors (Lipinski definition) is 1. The summed E-state index contributed by atoms with van der Waals surface area (Å²) in [6, 6.07) is 9.27. The molecule has 4 nitrogen and oxygen atoms in total. The van der Waals surface area contributed by atoms with E-state index in [0.29, 0.717) is 11.5 Å². The minimum Gasteiger partial charge on any atom is -0.381 e. The van der Waals surface area contributed by atoms with Crippen LogP contribution in [0.15, 0.2) is 35.1 Å². The molecule has 1 saturated heterocycles. The predicted molar refractivity (Wildman–Crippen MR) is 88.1 cm³/mol. The van der Waals surface area contributed by atoms with Crippen molar-refractivity contribution in [2.75, 3.05) is 13.2 Å². The van der Waals surface area contributed by atoms with Crippen LogP contribution in [0.3, 0.4) is 0 Å². The number of fused-ring (bicyclic) bond motifs is 1. The first-order valence-corrected chi connectivity index (χ1v) is 8.63. The van der Waals surface area contributed by atoms with Crippen LogP contribution in [0.5, 0.6) is 0 Å². The fourth-order valence-electron chi connectivity index (χ4n) is 4.29. The van der Waals surface area contributed by atoms with Crippen molar-refractivity contribution in [1.82, 2.24) is 10.5 Å². The van der Waals surface area contributed by atoms with E-state index >= 15 is 0 Å². The minimum absolute atomic E-state index is 0.297. The highest BCUT2D eigenvalue weighted by atomic mass is 16.5. The van der Waals surface area contributed by atoms with Crippen LogP contribution < -0.4 is 5.32 Å². The highest BCUT2D eigenvalue weighted by Crippen LogP contribution is 2.51. The summed E-state index contributed by atoms with van der Waals surface area (Å²) in [5.74, 6) is 0. The van der Waals surface area contributed by atoms with Crippen LogP contribution >= 0.6 is 0 Å². The summed E-state index contributed by atoms with van der Waals surface area (Å²) in [5.41, 5.74) is 5.49. The topological polar surface area (TPSA) is 47.3 Å². The molecular weight excluding hydrogens is 288 g/mol. The molecule has 1 aromatic heterocycles. The molecule has 4 heteroatoms. The quantitative estimate of drug-likeness (QED) is 0.939. The van der Waals surface area contributed by atoms with E-state index in [2.05, 4.69) is 41.7 Å². The molecular formula is C19H24N2O2. The molecule has 1 aromatic carbocycles. The van der Waals surface area contributed by atoms with Crippen molar-refractivity contribution in [2.24, 2.45) is 5.41 Å². The monoisotopic (exact) mass is 312 g/mol. The van der Waals surface area contributed by atoms with Gasteiger partial charge in [0.15, 0.2) is 0 Å². The Morgan fingerprint density at radius 3 is 2.91 bits per heavy atom. The second-order valence-electron chi connectivity index (χ2n) is 6.80. The van der Waals surface area contributed by atoms with Crippen LogP contribution in [0.25, 0.3) is 0 Å². The average molecular weight is 312 g/mol. The van der Waals surface area contributed by atoms with E-state index in [-0.39, 0.29) is 0 Å². The number of ether oxygens (including phenoxy) is 1. The molecule has 2 aromatic rings. The molecule has 1 spiro atoms. The Balaban J connectivity index is 1.60. The summed E-state index contributed by atoms with van der Waals surface area (Å²) in [5, 5.41) is 7.91. The summed E-state index contributed by atoms with van der Waals surface area (Å²) < 4.78 is 10.8. The molecule has 0 saturated carbocycles. The van der Waals surface area contributed by atoms with Gasteiger partial charge in [0.05, 0.1) is 5.69 Å².